The zero-order valence-electron chi connectivity index (χ0n) is 10.2. The molecule has 0 aliphatic heterocycles. The van der Waals surface area contributed by atoms with Crippen molar-refractivity contribution in [2.45, 2.75) is 38.5 Å². The Balaban J connectivity index is 2.31. The first kappa shape index (κ1) is 13.0. The number of ether oxygens (including phenoxy) is 1. The number of rotatable bonds is 4. The van der Waals surface area contributed by atoms with Crippen molar-refractivity contribution < 1.29 is 14.3 Å². The molecule has 0 bridgehead atoms. The van der Waals surface area contributed by atoms with Crippen LogP contribution in [0.1, 0.15) is 38.5 Å². The van der Waals surface area contributed by atoms with Gasteiger partial charge in [0.15, 0.2) is 0 Å². The third-order valence-corrected chi connectivity index (χ3v) is 3.21. The summed E-state index contributed by atoms with van der Waals surface area (Å²) in [6.07, 6.45) is 5.84. The number of carbonyl (C=O) groups excluding carboxylic acids is 2. The molecule has 4 nitrogen and oxygen atoms in total. The molecule has 1 saturated carbocycles. The standard InChI is InChI=1S/C12H21NO3/c1-13(9-8-11(14)16-2)12(15)10-6-4-3-5-7-10/h10H,3-9H2,1-2H3. The van der Waals surface area contributed by atoms with Crippen LogP contribution in [0, 0.1) is 5.92 Å². The Morgan fingerprint density at radius 3 is 2.44 bits per heavy atom. The van der Waals surface area contributed by atoms with Gasteiger partial charge in [-0.3, -0.25) is 9.59 Å². The van der Waals surface area contributed by atoms with Gasteiger partial charge in [0.2, 0.25) is 5.91 Å². The number of hydrogen-bond donors (Lipinski definition) is 0. The van der Waals surface area contributed by atoms with Crippen molar-refractivity contribution in [1.82, 2.24) is 4.90 Å². The summed E-state index contributed by atoms with van der Waals surface area (Å²) < 4.78 is 4.55. The normalized spacial score (nSPS) is 16.9. The Hall–Kier alpha value is -1.06. The van der Waals surface area contributed by atoms with E-state index in [1.165, 1.54) is 13.5 Å². The number of carbonyl (C=O) groups is 2. The Morgan fingerprint density at radius 1 is 1.25 bits per heavy atom. The third-order valence-electron chi connectivity index (χ3n) is 3.21. The van der Waals surface area contributed by atoms with Crippen LogP contribution in [0.5, 0.6) is 0 Å². The first-order valence-electron chi connectivity index (χ1n) is 5.97. The topological polar surface area (TPSA) is 46.6 Å². The summed E-state index contributed by atoms with van der Waals surface area (Å²) in [4.78, 5) is 24.6. The Morgan fingerprint density at radius 2 is 1.88 bits per heavy atom. The summed E-state index contributed by atoms with van der Waals surface area (Å²) in [6.45, 7) is 0.460. The van der Waals surface area contributed by atoms with Crippen LogP contribution in [0.15, 0.2) is 0 Å². The fraction of sp³-hybridized carbons (Fsp3) is 0.833. The predicted molar refractivity (Wildman–Crippen MR) is 60.8 cm³/mol. The highest BCUT2D eigenvalue weighted by Gasteiger charge is 2.24. The number of esters is 1. The average Bonchev–Trinajstić information content (AvgIpc) is 2.35. The molecule has 4 heteroatoms. The molecule has 0 aromatic rings. The van der Waals surface area contributed by atoms with Crippen molar-refractivity contribution in [2.24, 2.45) is 5.92 Å². The molecule has 0 aromatic carbocycles. The van der Waals surface area contributed by atoms with Crippen LogP contribution in [0.25, 0.3) is 0 Å². The second kappa shape index (κ2) is 6.51. The van der Waals surface area contributed by atoms with Crippen molar-refractivity contribution in [3.05, 3.63) is 0 Å². The molecule has 92 valence electrons. The van der Waals surface area contributed by atoms with E-state index in [2.05, 4.69) is 4.74 Å². The van der Waals surface area contributed by atoms with E-state index < -0.39 is 0 Å². The first-order chi connectivity index (χ1) is 7.65. The molecule has 0 atom stereocenters. The lowest BCUT2D eigenvalue weighted by Crippen LogP contribution is -2.35. The highest BCUT2D eigenvalue weighted by molar-refractivity contribution is 5.79. The van der Waals surface area contributed by atoms with Crippen LogP contribution < -0.4 is 0 Å². The Labute approximate surface area is 96.9 Å². The molecule has 1 aliphatic carbocycles. The van der Waals surface area contributed by atoms with E-state index in [-0.39, 0.29) is 24.2 Å². The van der Waals surface area contributed by atoms with Crippen LogP contribution in [0.3, 0.4) is 0 Å². The monoisotopic (exact) mass is 227 g/mol. The highest BCUT2D eigenvalue weighted by Crippen LogP contribution is 2.25. The van der Waals surface area contributed by atoms with Gasteiger partial charge in [0.25, 0.3) is 0 Å². The lowest BCUT2D eigenvalue weighted by Gasteiger charge is -2.26. The summed E-state index contributed by atoms with van der Waals surface area (Å²) in [5, 5.41) is 0. The minimum atomic E-state index is -0.261. The maximum absolute atomic E-state index is 12.0. The molecule has 1 rings (SSSR count). The maximum Gasteiger partial charge on any atom is 0.307 e. The molecule has 1 amide bonds. The van der Waals surface area contributed by atoms with Gasteiger partial charge in [-0.2, -0.15) is 0 Å². The van der Waals surface area contributed by atoms with Crippen LogP contribution in [-0.2, 0) is 14.3 Å². The smallest absolute Gasteiger partial charge is 0.307 e. The molecule has 1 fully saturated rings. The van der Waals surface area contributed by atoms with E-state index in [0.717, 1.165) is 25.7 Å². The molecular formula is C12H21NO3. The van der Waals surface area contributed by atoms with Crippen molar-refractivity contribution >= 4 is 11.9 Å². The van der Waals surface area contributed by atoms with E-state index in [1.807, 2.05) is 0 Å². The van der Waals surface area contributed by atoms with Crippen LogP contribution >= 0.6 is 0 Å². The minimum absolute atomic E-state index is 0.177. The molecule has 0 saturated heterocycles. The summed E-state index contributed by atoms with van der Waals surface area (Å²) in [5.41, 5.74) is 0. The van der Waals surface area contributed by atoms with Crippen LogP contribution in [0.4, 0.5) is 0 Å². The number of nitrogens with zero attached hydrogens (tertiary/aromatic N) is 1. The molecule has 1 aliphatic rings. The lowest BCUT2D eigenvalue weighted by atomic mass is 9.88. The molecular weight excluding hydrogens is 206 g/mol. The summed E-state index contributed by atoms with van der Waals surface area (Å²) in [7, 11) is 3.13. The minimum Gasteiger partial charge on any atom is -0.469 e. The van der Waals surface area contributed by atoms with Crippen molar-refractivity contribution in [3.8, 4) is 0 Å². The molecule has 0 aromatic heterocycles. The van der Waals surface area contributed by atoms with Gasteiger partial charge in [-0.1, -0.05) is 19.3 Å². The fourth-order valence-corrected chi connectivity index (χ4v) is 2.13. The first-order valence-corrected chi connectivity index (χ1v) is 5.97. The highest BCUT2D eigenvalue weighted by atomic mass is 16.5. The van der Waals surface area contributed by atoms with E-state index in [0.29, 0.717) is 6.54 Å². The molecule has 0 radical (unpaired) electrons. The van der Waals surface area contributed by atoms with Crippen molar-refractivity contribution in [1.29, 1.82) is 0 Å². The summed E-state index contributed by atoms with van der Waals surface area (Å²) in [5.74, 6) is 0.100. The van der Waals surface area contributed by atoms with Crippen molar-refractivity contribution in [2.75, 3.05) is 20.7 Å². The van der Waals surface area contributed by atoms with Gasteiger partial charge in [0, 0.05) is 19.5 Å². The van der Waals surface area contributed by atoms with Gasteiger partial charge < -0.3 is 9.64 Å². The molecule has 16 heavy (non-hydrogen) atoms. The largest absolute Gasteiger partial charge is 0.469 e. The number of amides is 1. The predicted octanol–water partition coefficient (Wildman–Crippen LogP) is 1.59. The Kier molecular flexibility index (Phi) is 5.29. The van der Waals surface area contributed by atoms with E-state index in [4.69, 9.17) is 0 Å². The van der Waals surface area contributed by atoms with Crippen LogP contribution in [0.2, 0.25) is 0 Å². The molecule has 0 heterocycles. The van der Waals surface area contributed by atoms with Gasteiger partial charge in [0.05, 0.1) is 13.5 Å². The van der Waals surface area contributed by atoms with Gasteiger partial charge in [-0.25, -0.2) is 0 Å². The summed E-state index contributed by atoms with van der Waals surface area (Å²) in [6, 6.07) is 0. The van der Waals surface area contributed by atoms with Crippen molar-refractivity contribution in [3.63, 3.8) is 0 Å². The van der Waals surface area contributed by atoms with Gasteiger partial charge in [-0.05, 0) is 12.8 Å². The van der Waals surface area contributed by atoms with Gasteiger partial charge in [0.1, 0.15) is 0 Å². The fourth-order valence-electron chi connectivity index (χ4n) is 2.13. The number of methoxy groups -OCH3 is 1. The quantitative estimate of drug-likeness (QED) is 0.685. The molecule has 0 N–H and O–H groups in total. The second-order valence-corrected chi connectivity index (χ2v) is 4.42. The molecule has 0 unspecified atom stereocenters. The third kappa shape index (κ3) is 3.83. The van der Waals surface area contributed by atoms with Gasteiger partial charge >= 0.3 is 5.97 Å². The van der Waals surface area contributed by atoms with Crippen LogP contribution in [-0.4, -0.2) is 37.5 Å². The van der Waals surface area contributed by atoms with E-state index in [1.54, 1.807) is 11.9 Å². The summed E-state index contributed by atoms with van der Waals surface area (Å²) >= 11 is 0. The zero-order chi connectivity index (χ0) is 12.0. The van der Waals surface area contributed by atoms with E-state index in [9.17, 15) is 9.59 Å². The zero-order valence-corrected chi connectivity index (χ0v) is 10.2. The molecule has 0 spiro atoms. The van der Waals surface area contributed by atoms with E-state index >= 15 is 0 Å². The van der Waals surface area contributed by atoms with Gasteiger partial charge in [-0.15, -0.1) is 0 Å². The average molecular weight is 227 g/mol. The lowest BCUT2D eigenvalue weighted by molar-refractivity contribution is -0.142. The SMILES string of the molecule is COC(=O)CCN(C)C(=O)C1CCCCC1. The number of hydrogen-bond acceptors (Lipinski definition) is 3. The maximum atomic E-state index is 12.0. The second-order valence-electron chi connectivity index (χ2n) is 4.42. The Bertz CT molecular complexity index is 247.